The van der Waals surface area contributed by atoms with E-state index in [0.717, 1.165) is 22.3 Å². The molecule has 1 aliphatic rings. The second-order valence-corrected chi connectivity index (χ2v) is 6.12. The summed E-state index contributed by atoms with van der Waals surface area (Å²) in [5.41, 5.74) is 9.36. The largest absolute Gasteiger partial charge is 0.368 e. The van der Waals surface area contributed by atoms with Crippen molar-refractivity contribution in [1.82, 2.24) is 5.32 Å². The predicted octanol–water partition coefficient (Wildman–Crippen LogP) is 2.46. The molecule has 25 heavy (non-hydrogen) atoms. The summed E-state index contributed by atoms with van der Waals surface area (Å²) in [5.74, 6) is -1.27. The molecular weight excluding hydrogens is 314 g/mol. The molecule has 0 saturated heterocycles. The van der Waals surface area contributed by atoms with Gasteiger partial charge in [0.15, 0.2) is 0 Å². The van der Waals surface area contributed by atoms with E-state index in [-0.39, 0.29) is 5.91 Å². The third-order valence-corrected chi connectivity index (χ3v) is 4.54. The Morgan fingerprint density at radius 3 is 2.16 bits per heavy atom. The van der Waals surface area contributed by atoms with Crippen molar-refractivity contribution in [3.63, 3.8) is 0 Å². The Morgan fingerprint density at radius 2 is 1.64 bits per heavy atom. The molecule has 0 saturated carbocycles. The lowest BCUT2D eigenvalue weighted by atomic mass is 9.95. The first-order valence-electron chi connectivity index (χ1n) is 8.28. The minimum absolute atomic E-state index is 0.238. The zero-order valence-corrected chi connectivity index (χ0v) is 13.7. The van der Waals surface area contributed by atoms with Crippen molar-refractivity contribution in [2.75, 3.05) is 0 Å². The fourth-order valence-electron chi connectivity index (χ4n) is 3.36. The van der Waals surface area contributed by atoms with Gasteiger partial charge >= 0.3 is 0 Å². The van der Waals surface area contributed by atoms with Gasteiger partial charge in [-0.1, -0.05) is 48.5 Å². The second-order valence-electron chi connectivity index (χ2n) is 6.12. The quantitative estimate of drug-likeness (QED) is 0.795. The third kappa shape index (κ3) is 3.24. The van der Waals surface area contributed by atoms with Crippen LogP contribution in [0.3, 0.4) is 0 Å². The van der Waals surface area contributed by atoms with Crippen LogP contribution in [0, 0.1) is 11.3 Å². The minimum Gasteiger partial charge on any atom is -0.368 e. The molecule has 5 nitrogen and oxygen atoms in total. The Hall–Kier alpha value is -3.13. The lowest BCUT2D eigenvalue weighted by Crippen LogP contribution is -2.46. The number of hydrogen-bond donors (Lipinski definition) is 2. The van der Waals surface area contributed by atoms with Crippen LogP contribution in [0.15, 0.2) is 48.5 Å². The Labute approximate surface area is 146 Å². The van der Waals surface area contributed by atoms with Crippen LogP contribution in [0.4, 0.5) is 0 Å². The van der Waals surface area contributed by atoms with Gasteiger partial charge < -0.3 is 11.1 Å². The van der Waals surface area contributed by atoms with Crippen molar-refractivity contribution >= 4 is 11.8 Å². The zero-order chi connectivity index (χ0) is 17.8. The fourth-order valence-corrected chi connectivity index (χ4v) is 3.36. The molecule has 0 heterocycles. The van der Waals surface area contributed by atoms with E-state index in [4.69, 9.17) is 11.0 Å². The van der Waals surface area contributed by atoms with E-state index in [0.29, 0.717) is 19.3 Å². The number of carbonyl (C=O) groups is 2. The first-order chi connectivity index (χ1) is 12.1. The number of nitriles is 1. The summed E-state index contributed by atoms with van der Waals surface area (Å²) in [6, 6.07) is 16.9. The van der Waals surface area contributed by atoms with Crippen molar-refractivity contribution < 1.29 is 9.59 Å². The van der Waals surface area contributed by atoms with Crippen LogP contribution >= 0.6 is 0 Å². The molecule has 0 unspecified atom stereocenters. The summed E-state index contributed by atoms with van der Waals surface area (Å²) in [6.07, 6.45) is 1.21. The van der Waals surface area contributed by atoms with Gasteiger partial charge in [0, 0.05) is 6.42 Å². The molecule has 126 valence electrons. The standard InChI is InChI=1S/C20H19N3O2/c21-12-6-5-11-17(19(22)24)23-20(25)18-15-9-3-1-7-13(15)14-8-2-4-10-16(14)18/h1-4,7-10,17-18H,5-6,11H2,(H2,22,24)(H,23,25)/t17-/m0/s1. The highest BCUT2D eigenvalue weighted by Crippen LogP contribution is 2.44. The van der Waals surface area contributed by atoms with Gasteiger partial charge in [-0.15, -0.1) is 0 Å². The van der Waals surface area contributed by atoms with E-state index in [9.17, 15) is 9.59 Å². The van der Waals surface area contributed by atoms with Crippen LogP contribution in [-0.2, 0) is 9.59 Å². The van der Waals surface area contributed by atoms with E-state index < -0.39 is 17.9 Å². The van der Waals surface area contributed by atoms with Crippen molar-refractivity contribution in [2.24, 2.45) is 5.73 Å². The molecule has 1 atom stereocenters. The third-order valence-electron chi connectivity index (χ3n) is 4.54. The summed E-state index contributed by atoms with van der Waals surface area (Å²) in [5, 5.41) is 11.4. The Bertz CT molecular complexity index is 809. The molecule has 0 spiro atoms. The van der Waals surface area contributed by atoms with E-state index in [1.165, 1.54) is 0 Å². The van der Waals surface area contributed by atoms with Crippen LogP contribution in [0.2, 0.25) is 0 Å². The summed E-state index contributed by atoms with van der Waals surface area (Å²) in [6.45, 7) is 0. The Balaban J connectivity index is 1.87. The second kappa shape index (κ2) is 7.18. The van der Waals surface area contributed by atoms with Gasteiger partial charge in [0.2, 0.25) is 11.8 Å². The molecule has 2 aromatic carbocycles. The lowest BCUT2D eigenvalue weighted by molar-refractivity contribution is -0.127. The van der Waals surface area contributed by atoms with Gasteiger partial charge in [0.1, 0.15) is 6.04 Å². The van der Waals surface area contributed by atoms with Crippen molar-refractivity contribution in [3.8, 4) is 17.2 Å². The Morgan fingerprint density at radius 1 is 1.08 bits per heavy atom. The van der Waals surface area contributed by atoms with E-state index in [2.05, 4.69) is 5.32 Å². The molecule has 2 aromatic rings. The summed E-state index contributed by atoms with van der Waals surface area (Å²) < 4.78 is 0. The monoisotopic (exact) mass is 333 g/mol. The first kappa shape index (κ1) is 16.7. The maximum atomic E-state index is 12.9. The molecule has 0 radical (unpaired) electrons. The number of carbonyl (C=O) groups excluding carboxylic acids is 2. The average molecular weight is 333 g/mol. The maximum absolute atomic E-state index is 12.9. The summed E-state index contributed by atoms with van der Waals surface area (Å²) in [4.78, 5) is 24.6. The minimum atomic E-state index is -0.763. The van der Waals surface area contributed by atoms with Crippen LogP contribution in [0.25, 0.3) is 11.1 Å². The maximum Gasteiger partial charge on any atom is 0.240 e. The molecule has 0 aliphatic heterocycles. The SMILES string of the molecule is N#CCCC[C@H](NC(=O)C1c2ccccc2-c2ccccc21)C(N)=O. The average Bonchev–Trinajstić information content (AvgIpc) is 2.95. The van der Waals surface area contributed by atoms with Crippen LogP contribution in [0.1, 0.15) is 36.3 Å². The summed E-state index contributed by atoms with van der Waals surface area (Å²) in [7, 11) is 0. The number of rotatable bonds is 6. The van der Waals surface area contributed by atoms with E-state index in [1.54, 1.807) is 0 Å². The molecule has 1 aliphatic carbocycles. The number of primary amides is 1. The van der Waals surface area contributed by atoms with Gasteiger partial charge in [-0.2, -0.15) is 5.26 Å². The first-order valence-corrected chi connectivity index (χ1v) is 8.28. The van der Waals surface area contributed by atoms with E-state index in [1.807, 2.05) is 54.6 Å². The lowest BCUT2D eigenvalue weighted by Gasteiger charge is -2.19. The smallest absolute Gasteiger partial charge is 0.240 e. The van der Waals surface area contributed by atoms with Crippen LogP contribution < -0.4 is 11.1 Å². The van der Waals surface area contributed by atoms with Gasteiger partial charge in [-0.3, -0.25) is 9.59 Å². The van der Waals surface area contributed by atoms with Gasteiger partial charge in [-0.05, 0) is 35.1 Å². The number of nitrogens with one attached hydrogen (secondary N) is 1. The molecule has 0 aromatic heterocycles. The number of amides is 2. The molecule has 3 rings (SSSR count). The fraction of sp³-hybridized carbons (Fsp3) is 0.250. The van der Waals surface area contributed by atoms with Gasteiger partial charge in [0.05, 0.1) is 12.0 Å². The van der Waals surface area contributed by atoms with Crippen molar-refractivity contribution in [3.05, 3.63) is 59.7 Å². The molecule has 0 bridgehead atoms. The van der Waals surface area contributed by atoms with Crippen LogP contribution in [-0.4, -0.2) is 17.9 Å². The van der Waals surface area contributed by atoms with Crippen molar-refractivity contribution in [2.45, 2.75) is 31.2 Å². The number of fused-ring (bicyclic) bond motifs is 3. The highest BCUT2D eigenvalue weighted by Gasteiger charge is 2.34. The molecule has 0 fully saturated rings. The molecule has 5 heteroatoms. The number of hydrogen-bond acceptors (Lipinski definition) is 3. The normalized spacial score (nSPS) is 13.4. The Kier molecular flexibility index (Phi) is 4.80. The predicted molar refractivity (Wildman–Crippen MR) is 94.3 cm³/mol. The highest BCUT2D eigenvalue weighted by atomic mass is 16.2. The molecular formula is C20H19N3O2. The van der Waals surface area contributed by atoms with Crippen molar-refractivity contribution in [1.29, 1.82) is 5.26 Å². The number of benzene rings is 2. The number of nitrogens with zero attached hydrogens (tertiary/aromatic N) is 1. The number of nitrogens with two attached hydrogens (primary N) is 1. The highest BCUT2D eigenvalue weighted by molar-refractivity contribution is 5.98. The summed E-state index contributed by atoms with van der Waals surface area (Å²) >= 11 is 0. The number of unbranched alkanes of at least 4 members (excludes halogenated alkanes) is 1. The van der Waals surface area contributed by atoms with Gasteiger partial charge in [-0.25, -0.2) is 0 Å². The van der Waals surface area contributed by atoms with Gasteiger partial charge in [0.25, 0.3) is 0 Å². The zero-order valence-electron chi connectivity index (χ0n) is 13.7. The molecule has 3 N–H and O–H groups in total. The topological polar surface area (TPSA) is 96.0 Å². The van der Waals surface area contributed by atoms with E-state index >= 15 is 0 Å². The molecule has 2 amide bonds. The van der Waals surface area contributed by atoms with Crippen LogP contribution in [0.5, 0.6) is 0 Å².